The number of H-pyrrole nitrogens is 1. The molecular formula is C23H21F4N7O2. The number of nitrogens with two attached hydrogens (primary N) is 1. The van der Waals surface area contributed by atoms with Crippen molar-refractivity contribution < 1.29 is 17.6 Å². The Morgan fingerprint density at radius 3 is 2.72 bits per heavy atom. The zero-order valence-electron chi connectivity index (χ0n) is 18.9. The van der Waals surface area contributed by atoms with E-state index in [4.69, 9.17) is 5.73 Å². The minimum absolute atomic E-state index is 0.101. The first-order valence-electron chi connectivity index (χ1n) is 10.9. The predicted octanol–water partition coefficient (Wildman–Crippen LogP) is 3.56. The largest absolute Gasteiger partial charge is 0.423 e. The van der Waals surface area contributed by atoms with Crippen LogP contribution in [0.1, 0.15) is 25.3 Å². The average molecular weight is 503 g/mol. The summed E-state index contributed by atoms with van der Waals surface area (Å²) in [6.07, 6.45) is -0.153. The minimum Gasteiger partial charge on any atom is -0.384 e. The van der Waals surface area contributed by atoms with Gasteiger partial charge in [-0.1, -0.05) is 0 Å². The van der Waals surface area contributed by atoms with E-state index in [9.17, 15) is 27.2 Å². The summed E-state index contributed by atoms with van der Waals surface area (Å²) in [6.45, 7) is 1.90. The number of alkyl halides is 3. The zero-order chi connectivity index (χ0) is 26.0. The lowest BCUT2D eigenvalue weighted by molar-refractivity contribution is -0.138. The summed E-state index contributed by atoms with van der Waals surface area (Å²) >= 11 is 0. The highest BCUT2D eigenvalue weighted by atomic mass is 19.4. The number of fused-ring (bicyclic) bond motifs is 1. The van der Waals surface area contributed by atoms with Crippen LogP contribution in [0, 0.1) is 5.82 Å². The lowest BCUT2D eigenvalue weighted by atomic mass is 10.1. The highest BCUT2D eigenvalue weighted by molar-refractivity contribution is 5.86. The fourth-order valence-corrected chi connectivity index (χ4v) is 3.85. The molecule has 1 atom stereocenters. The summed E-state index contributed by atoms with van der Waals surface area (Å²) in [5.41, 5.74) is 2.25. The van der Waals surface area contributed by atoms with E-state index in [0.29, 0.717) is 18.2 Å². The summed E-state index contributed by atoms with van der Waals surface area (Å²) in [7, 11) is 0. The molecule has 9 nitrogen and oxygen atoms in total. The van der Waals surface area contributed by atoms with Crippen LogP contribution < -0.4 is 22.2 Å². The number of nitrogen functional groups attached to an aromatic ring is 1. The second kappa shape index (κ2) is 9.76. The molecule has 4 N–H and O–H groups in total. The van der Waals surface area contributed by atoms with E-state index in [-0.39, 0.29) is 29.1 Å². The molecule has 0 saturated carbocycles. The van der Waals surface area contributed by atoms with E-state index in [1.807, 2.05) is 0 Å². The van der Waals surface area contributed by atoms with E-state index in [0.717, 1.165) is 12.3 Å². The number of benzene rings is 1. The van der Waals surface area contributed by atoms with Gasteiger partial charge < -0.3 is 15.6 Å². The van der Waals surface area contributed by atoms with Crippen molar-refractivity contribution in [1.82, 2.24) is 24.7 Å². The molecule has 0 unspecified atom stereocenters. The molecule has 0 aliphatic rings. The maximum atomic E-state index is 14.8. The van der Waals surface area contributed by atoms with E-state index in [1.165, 1.54) is 22.9 Å². The SMILES string of the molecule is C[C@@H](CCCn1ccc2cc(-c3nccc(N)n3)c(F)cc2c1=O)Nc1cn[nH]c(=O)c1C(F)(F)F. The van der Waals surface area contributed by atoms with E-state index >= 15 is 0 Å². The first-order chi connectivity index (χ1) is 17.0. The molecule has 4 rings (SSSR count). The number of anilines is 2. The number of pyridine rings is 1. The molecule has 3 aromatic heterocycles. The molecule has 0 saturated heterocycles. The Labute approximate surface area is 201 Å². The predicted molar refractivity (Wildman–Crippen MR) is 126 cm³/mol. The van der Waals surface area contributed by atoms with Gasteiger partial charge in [0.25, 0.3) is 11.1 Å². The molecule has 0 aliphatic heterocycles. The average Bonchev–Trinajstić information content (AvgIpc) is 2.80. The van der Waals surface area contributed by atoms with Gasteiger partial charge in [0.1, 0.15) is 17.2 Å². The van der Waals surface area contributed by atoms with Gasteiger partial charge in [-0.2, -0.15) is 18.3 Å². The van der Waals surface area contributed by atoms with Gasteiger partial charge in [-0.05, 0) is 49.4 Å². The van der Waals surface area contributed by atoms with Crippen LogP contribution in [0.25, 0.3) is 22.2 Å². The molecule has 1 aromatic carbocycles. The van der Waals surface area contributed by atoms with Crippen LogP contribution in [0.15, 0.2) is 52.4 Å². The third kappa shape index (κ3) is 5.19. The smallest absolute Gasteiger partial charge is 0.384 e. The molecule has 0 fully saturated rings. The molecule has 36 heavy (non-hydrogen) atoms. The minimum atomic E-state index is -4.84. The third-order valence-corrected chi connectivity index (χ3v) is 5.56. The van der Waals surface area contributed by atoms with E-state index in [1.54, 1.807) is 24.3 Å². The van der Waals surface area contributed by atoms with Crippen LogP contribution in [0.4, 0.5) is 29.1 Å². The van der Waals surface area contributed by atoms with Crippen molar-refractivity contribution >= 4 is 22.3 Å². The first kappa shape index (κ1) is 24.8. The molecule has 0 spiro atoms. The molecule has 0 bridgehead atoms. The molecular weight excluding hydrogens is 482 g/mol. The van der Waals surface area contributed by atoms with Crippen molar-refractivity contribution in [2.75, 3.05) is 11.1 Å². The maximum Gasteiger partial charge on any atom is 0.423 e. The van der Waals surface area contributed by atoms with Gasteiger partial charge in [-0.3, -0.25) is 9.59 Å². The van der Waals surface area contributed by atoms with Crippen LogP contribution in [-0.4, -0.2) is 30.8 Å². The number of aromatic amines is 1. The summed E-state index contributed by atoms with van der Waals surface area (Å²) in [4.78, 5) is 32.5. The Hall–Kier alpha value is -4.29. The Kier molecular flexibility index (Phi) is 6.73. The van der Waals surface area contributed by atoms with Crippen molar-refractivity contribution in [3.05, 3.63) is 74.9 Å². The number of nitrogens with zero attached hydrogens (tertiary/aromatic N) is 4. The fraction of sp³-hybridized carbons (Fsp3) is 0.261. The van der Waals surface area contributed by atoms with Gasteiger partial charge in [0.2, 0.25) is 0 Å². The highest BCUT2D eigenvalue weighted by Crippen LogP contribution is 2.32. The van der Waals surface area contributed by atoms with Crippen molar-refractivity contribution in [3.8, 4) is 11.4 Å². The van der Waals surface area contributed by atoms with Gasteiger partial charge in [-0.15, -0.1) is 0 Å². The van der Waals surface area contributed by atoms with Gasteiger partial charge in [0.05, 0.1) is 22.8 Å². The molecule has 0 amide bonds. The molecule has 0 aliphatic carbocycles. The van der Waals surface area contributed by atoms with Crippen molar-refractivity contribution in [3.63, 3.8) is 0 Å². The Morgan fingerprint density at radius 2 is 2.00 bits per heavy atom. The van der Waals surface area contributed by atoms with Crippen LogP contribution >= 0.6 is 0 Å². The molecule has 188 valence electrons. The van der Waals surface area contributed by atoms with Crippen LogP contribution in [0.5, 0.6) is 0 Å². The van der Waals surface area contributed by atoms with Crippen molar-refractivity contribution in [2.24, 2.45) is 0 Å². The lowest BCUT2D eigenvalue weighted by Gasteiger charge is -2.18. The number of halogens is 4. The van der Waals surface area contributed by atoms with Crippen LogP contribution in [0.3, 0.4) is 0 Å². The second-order valence-corrected chi connectivity index (χ2v) is 8.21. The van der Waals surface area contributed by atoms with Gasteiger partial charge in [0.15, 0.2) is 5.82 Å². The quantitative estimate of drug-likeness (QED) is 0.329. The molecule has 4 aromatic rings. The fourth-order valence-electron chi connectivity index (χ4n) is 3.85. The number of rotatable bonds is 7. The molecule has 13 heteroatoms. The number of hydrogen-bond acceptors (Lipinski definition) is 7. The second-order valence-electron chi connectivity index (χ2n) is 8.21. The summed E-state index contributed by atoms with van der Waals surface area (Å²) < 4.78 is 55.8. The van der Waals surface area contributed by atoms with Gasteiger partial charge in [-0.25, -0.2) is 19.5 Å². The number of hydrogen-bond donors (Lipinski definition) is 3. The van der Waals surface area contributed by atoms with Crippen molar-refractivity contribution in [2.45, 2.75) is 38.5 Å². The van der Waals surface area contributed by atoms with E-state index in [2.05, 4.69) is 20.4 Å². The highest BCUT2D eigenvalue weighted by Gasteiger charge is 2.37. The maximum absolute atomic E-state index is 14.8. The standard InChI is InChI=1S/C23H21F4N7O2/c1-12(31-17-11-30-33-21(35)19(17)23(25,26)27)3-2-7-34-8-5-13-9-15(16(24)10-14(13)22(34)36)20-29-6-4-18(28)32-20/h4-6,8-12H,2-3,7H2,1H3,(H2,28,29,32)(H2,31,33,35)/t12-/m0/s1. The number of nitrogens with one attached hydrogen (secondary N) is 2. The topological polar surface area (TPSA) is 132 Å². The lowest BCUT2D eigenvalue weighted by Crippen LogP contribution is -2.27. The Balaban J connectivity index is 1.48. The number of aryl methyl sites for hydroxylation is 1. The van der Waals surface area contributed by atoms with Crippen molar-refractivity contribution in [1.29, 1.82) is 0 Å². The summed E-state index contributed by atoms with van der Waals surface area (Å²) in [5.74, 6) is -0.388. The summed E-state index contributed by atoms with van der Waals surface area (Å²) in [6, 6.07) is 5.28. The summed E-state index contributed by atoms with van der Waals surface area (Å²) in [5, 5.41) is 8.53. The zero-order valence-corrected chi connectivity index (χ0v) is 18.9. The monoisotopic (exact) mass is 503 g/mol. The van der Waals surface area contributed by atoms with Crippen LogP contribution in [-0.2, 0) is 12.7 Å². The normalized spacial score (nSPS) is 12.6. The van der Waals surface area contributed by atoms with Crippen LogP contribution in [0.2, 0.25) is 0 Å². The molecule has 3 heterocycles. The Bertz CT molecular complexity index is 1530. The third-order valence-electron chi connectivity index (χ3n) is 5.56. The Morgan fingerprint density at radius 1 is 1.22 bits per heavy atom. The number of aromatic nitrogens is 5. The van der Waals surface area contributed by atoms with E-state index < -0.39 is 40.4 Å². The molecule has 0 radical (unpaired) electrons. The van der Waals surface area contributed by atoms with Gasteiger partial charge >= 0.3 is 6.18 Å². The van der Waals surface area contributed by atoms with Gasteiger partial charge in [0, 0.05) is 25.0 Å². The first-order valence-corrected chi connectivity index (χ1v) is 10.9.